The van der Waals surface area contributed by atoms with Crippen LogP contribution in [0.5, 0.6) is 0 Å². The number of hydrogen-bond acceptors (Lipinski definition) is 39. The number of esters is 4. The van der Waals surface area contributed by atoms with E-state index in [9.17, 15) is 74.1 Å². The van der Waals surface area contributed by atoms with E-state index in [0.29, 0.717) is 64.4 Å². The Morgan fingerprint density at radius 2 is 0.730 bits per heavy atom. The number of rotatable bonds is 34. The number of carbonyl (C=O) groups is 8. The Morgan fingerprint density at radius 3 is 1.03 bits per heavy atom. The first-order valence-corrected chi connectivity index (χ1v) is 47.2. The minimum Gasteiger partial charge on any atom is -0.478 e. The van der Waals surface area contributed by atoms with E-state index in [1.165, 1.54) is 25.3 Å². The van der Waals surface area contributed by atoms with E-state index in [4.69, 9.17) is 112 Å². The SMILES string of the molecule is C=C(C(=O)c1ccc(/C=C/C(=O)O)cc1)c1ccccc1.C=C(C(=O)c1ccc(/C=C/C(=O)OC[C@H](O)[C@@H](O)[C@H](O)[C@H](O)CO)cc1)c1ccccc1.C=C(C(=O)c1ccc(/C=C/C(=O)OC[C@H](O)[C@H]2OC(C)(C)O[C@H]2[C@H]2COC(C)(C)O2)cc1)c1ccccc1.CC1(C)O[C@@H]([C@H]2COC(C)(C)O2)[C@@H]([C@@H](O)CO)O1.COC(=O)[C@H](O)[C@H]1OC(C)(C)O[C@H]1[C@H]1COC(C)(C)O1.COC(C)(C)OC.O=C1OC(CO)C(O)C(O)C1O. The van der Waals surface area contributed by atoms with Gasteiger partial charge in [0.1, 0.15) is 117 Å². The molecule has 148 heavy (non-hydrogen) atoms. The van der Waals surface area contributed by atoms with Crippen LogP contribution in [0.15, 0.2) is 202 Å². The van der Waals surface area contributed by atoms with Crippen molar-refractivity contribution < 1.29 is 195 Å². The third kappa shape index (κ3) is 37.9. The number of cyclic esters (lactones) is 1. The van der Waals surface area contributed by atoms with E-state index in [1.54, 1.807) is 174 Å². The van der Waals surface area contributed by atoms with Crippen LogP contribution >= 0.6 is 0 Å². The predicted molar refractivity (Wildman–Crippen MR) is 533 cm³/mol. The second-order valence-electron chi connectivity index (χ2n) is 37.8. The fraction of sp³-hybridized carbons (Fsp3) is 0.481. The summed E-state index contributed by atoms with van der Waals surface area (Å²) in [6, 6.07) is 47.7. The first kappa shape index (κ1) is 124. The summed E-state index contributed by atoms with van der Waals surface area (Å²) in [7, 11) is 4.44. The molecule has 7 aliphatic heterocycles. The topological polar surface area (TPSA) is 586 Å². The average Bonchev–Trinajstić information content (AvgIpc) is 1.63. The lowest BCUT2D eigenvalue weighted by Gasteiger charge is -2.32. The molecule has 20 atom stereocenters. The lowest BCUT2D eigenvalue weighted by molar-refractivity contribution is -0.206. The summed E-state index contributed by atoms with van der Waals surface area (Å²) >= 11 is 0. The second-order valence-corrected chi connectivity index (χ2v) is 37.8. The highest BCUT2D eigenvalue weighted by Crippen LogP contribution is 2.41. The fourth-order valence-electron chi connectivity index (χ4n) is 15.0. The lowest BCUT2D eigenvalue weighted by atomic mass is 9.97. The molecule has 6 aromatic rings. The van der Waals surface area contributed by atoms with Gasteiger partial charge in [0.25, 0.3) is 0 Å². The van der Waals surface area contributed by atoms with Gasteiger partial charge >= 0.3 is 29.8 Å². The Bertz CT molecular complexity index is 5380. The molecule has 0 spiro atoms. The molecule has 0 bridgehead atoms. The number of carboxylic acids is 1. The summed E-state index contributed by atoms with van der Waals surface area (Å²) in [4.78, 5) is 94.3. The molecule has 812 valence electrons. The molecular formula is C108H140O40. The van der Waals surface area contributed by atoms with Crippen molar-refractivity contribution in [3.8, 4) is 0 Å². The number of ketones is 3. The number of carboxylic acid groups (broad SMARTS) is 1. The van der Waals surface area contributed by atoms with Crippen LogP contribution in [0, 0.1) is 0 Å². The summed E-state index contributed by atoms with van der Waals surface area (Å²) in [5.74, 6) is -9.98. The molecular weight excluding hydrogens is 1940 g/mol. The summed E-state index contributed by atoms with van der Waals surface area (Å²) in [5, 5.41) is 131. The van der Waals surface area contributed by atoms with E-state index < -0.39 is 206 Å². The molecule has 13 rings (SSSR count). The zero-order chi connectivity index (χ0) is 110. The van der Waals surface area contributed by atoms with Crippen LogP contribution in [0.4, 0.5) is 0 Å². The molecule has 40 heteroatoms. The number of benzene rings is 6. The molecule has 0 saturated carbocycles. The third-order valence-electron chi connectivity index (χ3n) is 23.2. The van der Waals surface area contributed by atoms with Gasteiger partial charge in [-0.05, 0) is 149 Å². The maximum Gasteiger partial charge on any atom is 0.338 e. The molecule has 40 nitrogen and oxygen atoms in total. The van der Waals surface area contributed by atoms with Crippen molar-refractivity contribution in [2.75, 3.05) is 74.2 Å². The highest BCUT2D eigenvalue weighted by molar-refractivity contribution is 6.29. The molecule has 0 aliphatic carbocycles. The van der Waals surface area contributed by atoms with Crippen molar-refractivity contribution in [3.05, 3.63) is 252 Å². The highest BCUT2D eigenvalue weighted by atomic mass is 16.8. The molecule has 7 saturated heterocycles. The van der Waals surface area contributed by atoms with Crippen LogP contribution in [0.3, 0.4) is 0 Å². The number of aliphatic carboxylic acids is 1. The smallest absolute Gasteiger partial charge is 0.338 e. The minimum atomic E-state index is -1.82. The van der Waals surface area contributed by atoms with Gasteiger partial charge in [0.15, 0.2) is 76.2 Å². The maximum absolute atomic E-state index is 12.7. The molecule has 7 aliphatic rings. The van der Waals surface area contributed by atoms with E-state index in [2.05, 4.69) is 29.2 Å². The first-order valence-electron chi connectivity index (χ1n) is 47.2. The largest absolute Gasteiger partial charge is 0.478 e. The monoisotopic (exact) mass is 2080 g/mol. The molecule has 6 aromatic carbocycles. The molecule has 0 aromatic heterocycles. The Morgan fingerprint density at radius 1 is 0.405 bits per heavy atom. The first-order chi connectivity index (χ1) is 69.3. The highest BCUT2D eigenvalue weighted by Gasteiger charge is 2.56. The van der Waals surface area contributed by atoms with Crippen molar-refractivity contribution in [1.29, 1.82) is 0 Å². The normalized spacial score (nSPS) is 25.0. The molecule has 4 unspecified atom stereocenters. The Labute approximate surface area is 858 Å². The zero-order valence-corrected chi connectivity index (χ0v) is 85.8. The van der Waals surface area contributed by atoms with Crippen molar-refractivity contribution in [3.63, 3.8) is 0 Å². The average molecular weight is 2080 g/mol. The van der Waals surface area contributed by atoms with Gasteiger partial charge in [-0.3, -0.25) is 14.4 Å². The van der Waals surface area contributed by atoms with Crippen molar-refractivity contribution in [1.82, 2.24) is 0 Å². The van der Waals surface area contributed by atoms with Gasteiger partial charge in [0.05, 0.1) is 46.8 Å². The number of carbonyl (C=O) groups excluding carboxylic acids is 7. The van der Waals surface area contributed by atoms with Crippen LogP contribution in [0.2, 0.25) is 0 Å². The van der Waals surface area contributed by atoms with E-state index >= 15 is 0 Å². The molecule has 7 heterocycles. The standard InChI is InChI=1S/C30H34O8.C24H26O8.C18H14O3.C13H22O7.C12H22O6.C6H10O6.C5H12O2/c1-19(21-9-7-6-8-10-21)26(33)22-14-11-20(12-15-22)13-16-25(32)34-17-23(31)27-28(38-30(4,5)37-27)24-18-35-29(2,3)36-24;1-15(17-5-3-2-4-6-17)22(29)18-10-7-16(8-11-18)9-12-21(28)32-14-20(27)24(31)23(30)19(26)13-25;1-13(15-5-3-2-4-6-15)18(21)16-10-7-14(8-11-16)9-12-17(19)20;1-12(2)17-6-7(18-12)9-10(8(14)11(15)16-5)20-13(3,4)19-9;1-11(2)15-6-8(16-11)10-9(7(14)5-13)17-12(3,4)18-10;7-1-2-3(8)4(9)5(10)6(11)12-2;1-5(2,6-3)7-4/h6-16,23-24,27-28,31H,1,17-18H2,2-5H3;2-12,19-20,23-27,30-31H,1,13-14H2;2-12H,1H2,(H,19,20);7-10,14H,6H2,1-5H3;7-10,13-14H,5-6H2,1-4H3;2-5,7-10H,1H2;1-4H3/b16-13+;2*12-9+;;;;/t23-,24+,27+,28-;19-,20+,23-,24-;;7-,8-,9+,10-;7-,8+,9+,10-;;/m01.10../s1. The van der Waals surface area contributed by atoms with Crippen molar-refractivity contribution in [2.45, 2.75) is 260 Å². The molecule has 0 amide bonds. The molecule has 7 fully saturated rings. The van der Waals surface area contributed by atoms with Crippen molar-refractivity contribution in [2.24, 2.45) is 0 Å². The number of methoxy groups -OCH3 is 3. The Balaban J connectivity index is 0.000000245. The number of ether oxygens (including phenoxy) is 18. The van der Waals surface area contributed by atoms with Gasteiger partial charge in [0.2, 0.25) is 0 Å². The predicted octanol–water partition coefficient (Wildman–Crippen LogP) is 6.63. The van der Waals surface area contributed by atoms with E-state index in [-0.39, 0.29) is 36.7 Å². The Kier molecular flexibility index (Phi) is 47.1. The summed E-state index contributed by atoms with van der Waals surface area (Å²) in [6.07, 6.45) is -13.6. The van der Waals surface area contributed by atoms with Gasteiger partial charge < -0.3 is 157 Å². The van der Waals surface area contributed by atoms with Crippen LogP contribution in [-0.2, 0) is 109 Å². The maximum atomic E-state index is 12.7. The fourth-order valence-corrected chi connectivity index (χ4v) is 15.0. The minimum absolute atomic E-state index is 0.144. The molecule has 14 N–H and O–H groups in total. The molecule has 0 radical (unpaired) electrons. The van der Waals surface area contributed by atoms with Crippen LogP contribution in [0.25, 0.3) is 34.9 Å². The van der Waals surface area contributed by atoms with E-state index in [1.807, 2.05) is 107 Å². The lowest BCUT2D eigenvalue weighted by Crippen LogP contribution is -2.56. The Hall–Kier alpha value is -11.0. The zero-order valence-electron chi connectivity index (χ0n) is 85.8. The van der Waals surface area contributed by atoms with Gasteiger partial charge in [-0.1, -0.05) is 184 Å². The number of aliphatic hydroxyl groups is 13. The van der Waals surface area contributed by atoms with Gasteiger partial charge in [-0.25, -0.2) is 24.0 Å². The van der Waals surface area contributed by atoms with Crippen LogP contribution in [0.1, 0.15) is 161 Å². The quantitative estimate of drug-likeness (QED) is 0.00662. The summed E-state index contributed by atoms with van der Waals surface area (Å²) < 4.78 is 97.3. The number of Topliss-reactive ketones (excluding diaryl/α,β-unsaturated/α-hetero) is 3. The van der Waals surface area contributed by atoms with Gasteiger partial charge in [-0.2, -0.15) is 0 Å². The third-order valence-corrected chi connectivity index (χ3v) is 23.2. The number of aliphatic hydroxyl groups excluding tert-OH is 13. The van der Waals surface area contributed by atoms with Gasteiger partial charge in [0, 0.05) is 65.9 Å². The van der Waals surface area contributed by atoms with Crippen molar-refractivity contribution >= 4 is 82.1 Å². The second kappa shape index (κ2) is 56.2. The summed E-state index contributed by atoms with van der Waals surface area (Å²) in [6.45, 7) is 34.9. The van der Waals surface area contributed by atoms with Crippen LogP contribution in [-0.4, -0.2) is 355 Å². The van der Waals surface area contributed by atoms with E-state index in [0.717, 1.165) is 34.4 Å². The van der Waals surface area contributed by atoms with Crippen LogP contribution < -0.4 is 0 Å². The number of hydrogen-bond donors (Lipinski definition) is 14. The summed E-state index contributed by atoms with van der Waals surface area (Å²) in [5.41, 5.74) is 7.02. The number of allylic oxidation sites excluding steroid dienone is 3. The van der Waals surface area contributed by atoms with Gasteiger partial charge in [-0.15, -0.1) is 0 Å².